The van der Waals surface area contributed by atoms with Crippen LogP contribution >= 0.6 is 0 Å². The number of fused-ring (bicyclic) bond motifs is 1. The van der Waals surface area contributed by atoms with Gasteiger partial charge in [-0.3, -0.25) is 38.9 Å². The number of imide groups is 1. The molecule has 1 unspecified atom stereocenters. The van der Waals surface area contributed by atoms with Gasteiger partial charge in [0.1, 0.15) is 23.3 Å². The standard InChI is InChI=1S/C50H60F2N10O4/c1-31-25-35(50(66)61-16-10-33(11-17-61)30-58-21-23-60(24-22-58)43-7-5-37(27-39(43)51)55-41-6-8-45(63)56-49(41)65)26-40(52)47(31)34-12-18-59(19-13-34)32(2)44-29-38-42(9-15-54-48(38)57(44)4)62-20-14-36(53-3)28-46(62)64/h5,7,9,14-15,20,25-29,32-34,41,53,55H,6,8,10-13,16-19,21-24,30H2,1-4H3,(H,56,63,65)/t32-,41?/m1/s1. The summed E-state index contributed by atoms with van der Waals surface area (Å²) < 4.78 is 35.1. The Kier molecular flexibility index (Phi) is 13.0. The van der Waals surface area contributed by atoms with E-state index in [4.69, 9.17) is 0 Å². The maximum Gasteiger partial charge on any atom is 0.257 e. The largest absolute Gasteiger partial charge is 0.388 e. The molecular formula is C50H60F2N10O4. The molecule has 0 radical (unpaired) electrons. The number of likely N-dealkylation sites (tertiary alicyclic amines) is 2. The Hall–Kier alpha value is -6.13. The van der Waals surface area contributed by atoms with E-state index in [1.807, 2.05) is 37.1 Å². The van der Waals surface area contributed by atoms with Crippen molar-refractivity contribution in [2.45, 2.75) is 70.4 Å². The van der Waals surface area contributed by atoms with Gasteiger partial charge in [0.15, 0.2) is 0 Å². The van der Waals surface area contributed by atoms with Crippen molar-refractivity contribution in [1.82, 2.24) is 34.1 Å². The van der Waals surface area contributed by atoms with Gasteiger partial charge in [-0.15, -0.1) is 0 Å². The molecule has 4 fully saturated rings. The van der Waals surface area contributed by atoms with Crippen LogP contribution < -0.4 is 26.4 Å². The first-order chi connectivity index (χ1) is 31.8. The van der Waals surface area contributed by atoms with Crippen molar-refractivity contribution in [1.29, 1.82) is 0 Å². The van der Waals surface area contributed by atoms with E-state index in [0.29, 0.717) is 61.0 Å². The lowest BCUT2D eigenvalue weighted by atomic mass is 9.85. The minimum Gasteiger partial charge on any atom is -0.388 e. The molecule has 66 heavy (non-hydrogen) atoms. The van der Waals surface area contributed by atoms with Gasteiger partial charge in [0.25, 0.3) is 11.5 Å². The fraction of sp³-hybridized carbons (Fsp3) is 0.460. The smallest absolute Gasteiger partial charge is 0.257 e. The van der Waals surface area contributed by atoms with Gasteiger partial charge in [-0.05, 0) is 131 Å². The van der Waals surface area contributed by atoms with Crippen LogP contribution in [0.15, 0.2) is 71.8 Å². The highest BCUT2D eigenvalue weighted by molar-refractivity contribution is 6.01. The zero-order valence-corrected chi connectivity index (χ0v) is 38.3. The van der Waals surface area contributed by atoms with Crippen LogP contribution in [0.5, 0.6) is 0 Å². The zero-order chi connectivity index (χ0) is 46.2. The lowest BCUT2D eigenvalue weighted by Gasteiger charge is -2.39. The number of aryl methyl sites for hydroxylation is 2. The summed E-state index contributed by atoms with van der Waals surface area (Å²) in [6.45, 7) is 10.9. The quantitative estimate of drug-likeness (QED) is 0.132. The molecule has 14 nitrogen and oxygen atoms in total. The Morgan fingerprint density at radius 2 is 1.61 bits per heavy atom. The molecule has 4 saturated heterocycles. The summed E-state index contributed by atoms with van der Waals surface area (Å²) in [5.74, 6) is -0.965. The number of aromatic nitrogens is 3. The highest BCUT2D eigenvalue weighted by atomic mass is 19.1. The lowest BCUT2D eigenvalue weighted by Crippen LogP contribution is -2.49. The second-order valence-corrected chi connectivity index (χ2v) is 18.6. The van der Waals surface area contributed by atoms with Crippen molar-refractivity contribution in [3.63, 3.8) is 0 Å². The summed E-state index contributed by atoms with van der Waals surface area (Å²) in [6, 6.07) is 15.2. The van der Waals surface area contributed by atoms with Crippen LogP contribution in [0.3, 0.4) is 0 Å². The molecular weight excluding hydrogens is 843 g/mol. The third-order valence-electron chi connectivity index (χ3n) is 14.6. The van der Waals surface area contributed by atoms with Gasteiger partial charge < -0.3 is 25.0 Å². The average molecular weight is 903 g/mol. The van der Waals surface area contributed by atoms with E-state index < -0.39 is 11.9 Å². The maximum absolute atomic E-state index is 16.1. The van der Waals surface area contributed by atoms with E-state index in [1.165, 1.54) is 12.1 Å². The molecule has 4 aliphatic heterocycles. The van der Waals surface area contributed by atoms with Gasteiger partial charge in [0.05, 0.1) is 11.4 Å². The number of nitrogens with one attached hydrogen (secondary N) is 3. The van der Waals surface area contributed by atoms with Gasteiger partial charge in [-0.2, -0.15) is 0 Å². The van der Waals surface area contributed by atoms with Crippen molar-refractivity contribution < 1.29 is 23.2 Å². The number of halogens is 2. The minimum absolute atomic E-state index is 0.0529. The molecule has 0 bridgehead atoms. The van der Waals surface area contributed by atoms with E-state index in [1.54, 1.807) is 42.2 Å². The summed E-state index contributed by atoms with van der Waals surface area (Å²) in [5, 5.41) is 9.30. The Labute approximate surface area is 383 Å². The van der Waals surface area contributed by atoms with Crippen molar-refractivity contribution in [2.24, 2.45) is 13.0 Å². The molecule has 0 saturated carbocycles. The number of pyridine rings is 2. The van der Waals surface area contributed by atoms with Crippen molar-refractivity contribution in [3.05, 3.63) is 111 Å². The van der Waals surface area contributed by atoms with Crippen LogP contribution in [0.1, 0.15) is 84.6 Å². The molecule has 3 amide bonds. The first kappa shape index (κ1) is 45.0. The zero-order valence-electron chi connectivity index (χ0n) is 38.3. The van der Waals surface area contributed by atoms with E-state index in [0.717, 1.165) is 92.1 Å². The van der Waals surface area contributed by atoms with Crippen LogP contribution in [0.25, 0.3) is 16.7 Å². The topological polar surface area (TPSA) is 140 Å². The number of piperazine rings is 1. The molecule has 2 aromatic carbocycles. The highest BCUT2D eigenvalue weighted by Crippen LogP contribution is 2.37. The highest BCUT2D eigenvalue weighted by Gasteiger charge is 2.32. The van der Waals surface area contributed by atoms with Crippen LogP contribution in [0.2, 0.25) is 0 Å². The number of hydrogen-bond donors (Lipinski definition) is 3. The monoisotopic (exact) mass is 902 g/mol. The summed E-state index contributed by atoms with van der Waals surface area (Å²) in [7, 11) is 3.80. The number of carbonyl (C=O) groups is 3. The molecule has 0 aliphatic carbocycles. The number of amides is 3. The fourth-order valence-corrected chi connectivity index (χ4v) is 10.8. The molecule has 3 N–H and O–H groups in total. The molecule has 5 aromatic rings. The SMILES string of the molecule is CNc1ccn(-c2ccnc3c2cc([C@@H](C)N2CCC(c4c(C)cc(C(=O)N5CCC(CN6CCN(c7ccc(NC8CCC(=O)NC8=O)cc7F)CC6)CC5)cc4F)CC2)n3C)c(=O)c1. The third kappa shape index (κ3) is 9.17. The Morgan fingerprint density at radius 3 is 2.29 bits per heavy atom. The molecule has 348 valence electrons. The normalized spacial score (nSPS) is 19.9. The number of hydrogen-bond acceptors (Lipinski definition) is 10. The van der Waals surface area contributed by atoms with Crippen LogP contribution in [0.4, 0.5) is 25.8 Å². The molecule has 4 aliphatic rings. The molecule has 2 atom stereocenters. The number of piperidine rings is 3. The van der Waals surface area contributed by atoms with Crippen LogP contribution in [0, 0.1) is 24.5 Å². The van der Waals surface area contributed by atoms with E-state index in [2.05, 4.69) is 53.2 Å². The Balaban J connectivity index is 0.749. The molecule has 16 heteroatoms. The summed E-state index contributed by atoms with van der Waals surface area (Å²) in [6.07, 6.45) is 7.50. The van der Waals surface area contributed by atoms with Gasteiger partial charge in [-0.25, -0.2) is 13.8 Å². The summed E-state index contributed by atoms with van der Waals surface area (Å²) in [5.41, 5.74) is 6.30. The first-order valence-corrected chi connectivity index (χ1v) is 23.4. The molecule has 0 spiro atoms. The van der Waals surface area contributed by atoms with Gasteiger partial charge in [-0.1, -0.05) is 0 Å². The second kappa shape index (κ2) is 19.0. The fourth-order valence-electron chi connectivity index (χ4n) is 10.8. The van der Waals surface area contributed by atoms with Gasteiger partial charge in [0, 0.05) is 119 Å². The maximum atomic E-state index is 16.1. The first-order valence-electron chi connectivity index (χ1n) is 23.4. The van der Waals surface area contributed by atoms with Crippen LogP contribution in [-0.4, -0.2) is 119 Å². The number of carbonyl (C=O) groups excluding carboxylic acids is 3. The van der Waals surface area contributed by atoms with Crippen molar-refractivity contribution in [3.8, 4) is 5.69 Å². The predicted octanol–water partition coefficient (Wildman–Crippen LogP) is 6.18. The van der Waals surface area contributed by atoms with Crippen molar-refractivity contribution >= 4 is 45.8 Å². The van der Waals surface area contributed by atoms with E-state index >= 15 is 8.78 Å². The minimum atomic E-state index is -0.570. The van der Waals surface area contributed by atoms with Gasteiger partial charge in [0.2, 0.25) is 11.8 Å². The van der Waals surface area contributed by atoms with Gasteiger partial charge >= 0.3 is 0 Å². The van der Waals surface area contributed by atoms with Crippen molar-refractivity contribution in [2.75, 3.05) is 81.5 Å². The number of benzene rings is 2. The molecule has 7 heterocycles. The van der Waals surface area contributed by atoms with E-state index in [9.17, 15) is 19.2 Å². The predicted molar refractivity (Wildman–Crippen MR) is 252 cm³/mol. The summed E-state index contributed by atoms with van der Waals surface area (Å²) in [4.78, 5) is 63.8. The number of rotatable bonds is 11. The van der Waals surface area contributed by atoms with Crippen LogP contribution in [-0.2, 0) is 16.6 Å². The molecule has 9 rings (SSSR count). The Bertz CT molecular complexity index is 2670. The summed E-state index contributed by atoms with van der Waals surface area (Å²) >= 11 is 0. The number of nitrogens with zero attached hydrogens (tertiary/aromatic N) is 7. The Morgan fingerprint density at radius 1 is 0.848 bits per heavy atom. The second-order valence-electron chi connectivity index (χ2n) is 18.6. The lowest BCUT2D eigenvalue weighted by molar-refractivity contribution is -0.133. The van der Waals surface area contributed by atoms with E-state index in [-0.39, 0.29) is 47.4 Å². The number of anilines is 3. The average Bonchev–Trinajstić information content (AvgIpc) is 3.66. The molecule has 3 aromatic heterocycles. The third-order valence-corrected chi connectivity index (χ3v) is 14.6.